The molecule has 0 aliphatic rings. The SMILES string of the molecule is C=C(C)CNC(=O)c1ccc(Cl)nc1. The number of amides is 1. The third-order valence-electron chi connectivity index (χ3n) is 1.54. The van der Waals surface area contributed by atoms with Gasteiger partial charge in [0.15, 0.2) is 0 Å². The van der Waals surface area contributed by atoms with Crippen LogP contribution in [0, 0.1) is 0 Å². The maximum Gasteiger partial charge on any atom is 0.253 e. The van der Waals surface area contributed by atoms with E-state index in [0.29, 0.717) is 17.3 Å². The van der Waals surface area contributed by atoms with E-state index in [1.807, 2.05) is 6.92 Å². The Bertz CT molecular complexity index is 346. The van der Waals surface area contributed by atoms with Crippen molar-refractivity contribution in [3.63, 3.8) is 0 Å². The first-order valence-electron chi connectivity index (χ1n) is 4.13. The molecule has 0 atom stereocenters. The van der Waals surface area contributed by atoms with Gasteiger partial charge in [0, 0.05) is 12.7 Å². The molecule has 0 unspecified atom stereocenters. The third kappa shape index (κ3) is 3.18. The molecular formula is C10H11ClN2O. The molecule has 0 bridgehead atoms. The highest BCUT2D eigenvalue weighted by atomic mass is 35.5. The van der Waals surface area contributed by atoms with Crippen molar-refractivity contribution in [2.45, 2.75) is 6.92 Å². The summed E-state index contributed by atoms with van der Waals surface area (Å²) in [4.78, 5) is 15.2. The largest absolute Gasteiger partial charge is 0.348 e. The van der Waals surface area contributed by atoms with Crippen molar-refractivity contribution in [2.75, 3.05) is 6.54 Å². The van der Waals surface area contributed by atoms with Gasteiger partial charge in [0.2, 0.25) is 0 Å². The lowest BCUT2D eigenvalue weighted by atomic mass is 10.2. The van der Waals surface area contributed by atoms with Crippen LogP contribution in [0.25, 0.3) is 0 Å². The number of carbonyl (C=O) groups excluding carboxylic acids is 1. The monoisotopic (exact) mass is 210 g/mol. The Labute approximate surface area is 87.8 Å². The highest BCUT2D eigenvalue weighted by Gasteiger charge is 2.04. The smallest absolute Gasteiger partial charge is 0.253 e. The second-order valence-electron chi connectivity index (χ2n) is 3.01. The van der Waals surface area contributed by atoms with Gasteiger partial charge >= 0.3 is 0 Å². The fourth-order valence-corrected chi connectivity index (χ4v) is 0.955. The molecule has 3 nitrogen and oxygen atoms in total. The van der Waals surface area contributed by atoms with Crippen LogP contribution in [0.2, 0.25) is 5.15 Å². The van der Waals surface area contributed by atoms with Gasteiger partial charge in [0.1, 0.15) is 5.15 Å². The lowest BCUT2D eigenvalue weighted by molar-refractivity contribution is 0.0956. The van der Waals surface area contributed by atoms with E-state index in [0.717, 1.165) is 5.57 Å². The molecule has 0 aromatic carbocycles. The normalized spacial score (nSPS) is 9.57. The molecule has 0 spiro atoms. The van der Waals surface area contributed by atoms with Crippen LogP contribution in [0.1, 0.15) is 17.3 Å². The Morgan fingerprint density at radius 1 is 1.64 bits per heavy atom. The quantitative estimate of drug-likeness (QED) is 0.613. The summed E-state index contributed by atoms with van der Waals surface area (Å²) in [6.07, 6.45) is 1.44. The van der Waals surface area contributed by atoms with Gasteiger partial charge in [-0.25, -0.2) is 4.98 Å². The van der Waals surface area contributed by atoms with E-state index in [9.17, 15) is 4.79 Å². The molecule has 1 rings (SSSR count). The molecule has 0 radical (unpaired) electrons. The van der Waals surface area contributed by atoms with Crippen molar-refractivity contribution in [1.82, 2.24) is 10.3 Å². The van der Waals surface area contributed by atoms with Gasteiger partial charge in [-0.05, 0) is 19.1 Å². The van der Waals surface area contributed by atoms with Gasteiger partial charge < -0.3 is 5.32 Å². The van der Waals surface area contributed by atoms with Crippen LogP contribution < -0.4 is 5.32 Å². The van der Waals surface area contributed by atoms with Gasteiger partial charge in [-0.1, -0.05) is 23.8 Å². The third-order valence-corrected chi connectivity index (χ3v) is 1.76. The number of aromatic nitrogens is 1. The predicted molar refractivity (Wildman–Crippen MR) is 56.4 cm³/mol. The highest BCUT2D eigenvalue weighted by molar-refractivity contribution is 6.29. The minimum absolute atomic E-state index is 0.169. The molecule has 4 heteroatoms. The van der Waals surface area contributed by atoms with E-state index < -0.39 is 0 Å². The maximum absolute atomic E-state index is 11.4. The van der Waals surface area contributed by atoms with E-state index in [4.69, 9.17) is 11.6 Å². The van der Waals surface area contributed by atoms with Crippen LogP contribution in [0.3, 0.4) is 0 Å². The summed E-state index contributed by atoms with van der Waals surface area (Å²) >= 11 is 5.59. The van der Waals surface area contributed by atoms with Crippen molar-refractivity contribution < 1.29 is 4.79 Å². The molecule has 1 aromatic heterocycles. The van der Waals surface area contributed by atoms with E-state index in [1.54, 1.807) is 12.1 Å². The number of nitrogens with one attached hydrogen (secondary N) is 1. The molecule has 74 valence electrons. The number of pyridine rings is 1. The standard InChI is InChI=1S/C10H11ClN2O/c1-7(2)5-13-10(14)8-3-4-9(11)12-6-8/h3-4,6H,1,5H2,2H3,(H,13,14). The summed E-state index contributed by atoms with van der Waals surface area (Å²) in [5.74, 6) is -0.169. The van der Waals surface area contributed by atoms with Crippen LogP contribution in [0.5, 0.6) is 0 Å². The molecule has 1 heterocycles. The van der Waals surface area contributed by atoms with Gasteiger partial charge in [-0.3, -0.25) is 4.79 Å². The Kier molecular flexibility index (Phi) is 3.65. The van der Waals surface area contributed by atoms with Gasteiger partial charge in [-0.2, -0.15) is 0 Å². The Morgan fingerprint density at radius 3 is 2.86 bits per heavy atom. The molecule has 0 aliphatic carbocycles. The number of hydrogen-bond acceptors (Lipinski definition) is 2. The Morgan fingerprint density at radius 2 is 2.36 bits per heavy atom. The summed E-state index contributed by atoms with van der Waals surface area (Å²) in [5, 5.41) is 3.07. The zero-order chi connectivity index (χ0) is 10.6. The second kappa shape index (κ2) is 4.77. The van der Waals surface area contributed by atoms with E-state index in [1.165, 1.54) is 6.20 Å². The van der Waals surface area contributed by atoms with Crippen LogP contribution >= 0.6 is 11.6 Å². The minimum atomic E-state index is -0.169. The zero-order valence-electron chi connectivity index (χ0n) is 7.88. The van der Waals surface area contributed by atoms with Crippen LogP contribution in [0.15, 0.2) is 30.5 Å². The number of rotatable bonds is 3. The molecule has 0 aliphatic heterocycles. The first kappa shape index (κ1) is 10.7. The molecule has 1 aromatic rings. The maximum atomic E-state index is 11.4. The topological polar surface area (TPSA) is 42.0 Å². The molecule has 0 saturated carbocycles. The molecule has 0 fully saturated rings. The molecular weight excluding hydrogens is 200 g/mol. The van der Waals surface area contributed by atoms with Gasteiger partial charge in [0.25, 0.3) is 5.91 Å². The summed E-state index contributed by atoms with van der Waals surface area (Å²) in [6, 6.07) is 3.21. The number of nitrogens with zero attached hydrogens (tertiary/aromatic N) is 1. The van der Waals surface area contributed by atoms with Crippen molar-refractivity contribution in [3.8, 4) is 0 Å². The van der Waals surface area contributed by atoms with Gasteiger partial charge in [-0.15, -0.1) is 0 Å². The molecule has 0 saturated heterocycles. The van der Waals surface area contributed by atoms with Crippen LogP contribution in [-0.2, 0) is 0 Å². The first-order valence-corrected chi connectivity index (χ1v) is 4.51. The average Bonchev–Trinajstić information content (AvgIpc) is 2.15. The van der Waals surface area contributed by atoms with E-state index >= 15 is 0 Å². The van der Waals surface area contributed by atoms with Crippen molar-refractivity contribution >= 4 is 17.5 Å². The minimum Gasteiger partial charge on any atom is -0.348 e. The molecule has 1 amide bonds. The number of carbonyl (C=O) groups is 1. The van der Waals surface area contributed by atoms with E-state index in [2.05, 4.69) is 16.9 Å². The highest BCUT2D eigenvalue weighted by Crippen LogP contribution is 2.04. The zero-order valence-corrected chi connectivity index (χ0v) is 8.64. The fourth-order valence-electron chi connectivity index (χ4n) is 0.843. The van der Waals surface area contributed by atoms with Crippen molar-refractivity contribution in [3.05, 3.63) is 41.2 Å². The summed E-state index contributed by atoms with van der Waals surface area (Å²) in [6.45, 7) is 6.00. The lowest BCUT2D eigenvalue weighted by Gasteiger charge is -2.03. The molecule has 14 heavy (non-hydrogen) atoms. The number of halogens is 1. The van der Waals surface area contributed by atoms with Gasteiger partial charge in [0.05, 0.1) is 5.56 Å². The van der Waals surface area contributed by atoms with Crippen molar-refractivity contribution in [1.29, 1.82) is 0 Å². The van der Waals surface area contributed by atoms with E-state index in [-0.39, 0.29) is 5.91 Å². The summed E-state index contributed by atoms with van der Waals surface area (Å²) < 4.78 is 0. The Balaban J connectivity index is 2.61. The summed E-state index contributed by atoms with van der Waals surface area (Å²) in [5.41, 5.74) is 1.40. The predicted octanol–water partition coefficient (Wildman–Crippen LogP) is 2.04. The fraction of sp³-hybridized carbons (Fsp3) is 0.200. The first-order chi connectivity index (χ1) is 6.59. The summed E-state index contributed by atoms with van der Waals surface area (Å²) in [7, 11) is 0. The Hall–Kier alpha value is -1.35. The second-order valence-corrected chi connectivity index (χ2v) is 3.40. The van der Waals surface area contributed by atoms with Crippen LogP contribution in [0.4, 0.5) is 0 Å². The van der Waals surface area contributed by atoms with Crippen LogP contribution in [-0.4, -0.2) is 17.4 Å². The number of hydrogen-bond donors (Lipinski definition) is 1. The lowest BCUT2D eigenvalue weighted by Crippen LogP contribution is -2.24. The van der Waals surface area contributed by atoms with Crippen molar-refractivity contribution in [2.24, 2.45) is 0 Å². The molecule has 1 N–H and O–H groups in total. The average molecular weight is 211 g/mol.